The zero-order chi connectivity index (χ0) is 15.6. The lowest BCUT2D eigenvalue weighted by atomic mass is 9.94. The Morgan fingerprint density at radius 1 is 1.04 bits per heavy atom. The van der Waals surface area contributed by atoms with Crippen LogP contribution < -0.4 is 5.32 Å². The number of benzene rings is 1. The first-order valence-electron chi connectivity index (χ1n) is 7.97. The number of fused-ring (bicyclic) bond motifs is 1. The molecule has 0 unspecified atom stereocenters. The van der Waals surface area contributed by atoms with Crippen LogP contribution in [0.15, 0.2) is 42.9 Å². The van der Waals surface area contributed by atoms with E-state index < -0.39 is 0 Å². The number of pyridine rings is 1. The van der Waals surface area contributed by atoms with E-state index in [1.807, 2.05) is 24.4 Å². The molecule has 0 aliphatic heterocycles. The summed E-state index contributed by atoms with van der Waals surface area (Å²) in [5.41, 5.74) is 2.71. The first-order chi connectivity index (χ1) is 11.3. The van der Waals surface area contributed by atoms with Gasteiger partial charge in [0.15, 0.2) is 0 Å². The summed E-state index contributed by atoms with van der Waals surface area (Å²) in [7, 11) is 0. The van der Waals surface area contributed by atoms with Crippen molar-refractivity contribution in [2.45, 2.75) is 31.6 Å². The van der Waals surface area contributed by atoms with Gasteiger partial charge in [-0.1, -0.05) is 12.8 Å². The molecule has 0 radical (unpaired) electrons. The quantitative estimate of drug-likeness (QED) is 0.761. The number of hydrogen-bond donors (Lipinski definition) is 2. The molecule has 3 aromatic rings. The maximum atomic E-state index is 10.4. The SMILES string of the molecule is Oc1ccc2cnc(Nc3ccncc3)nc2c1C1CCCC1. The lowest BCUT2D eigenvalue weighted by Crippen LogP contribution is -2.01. The second-order valence-electron chi connectivity index (χ2n) is 5.97. The largest absolute Gasteiger partial charge is 0.508 e. The Labute approximate surface area is 134 Å². The van der Waals surface area contributed by atoms with Gasteiger partial charge >= 0.3 is 0 Å². The normalized spacial score (nSPS) is 15.1. The van der Waals surface area contributed by atoms with E-state index in [9.17, 15) is 5.11 Å². The minimum atomic E-state index is 0.345. The zero-order valence-electron chi connectivity index (χ0n) is 12.7. The van der Waals surface area contributed by atoms with Crippen molar-refractivity contribution in [2.24, 2.45) is 0 Å². The minimum absolute atomic E-state index is 0.345. The average Bonchev–Trinajstić information content (AvgIpc) is 3.09. The van der Waals surface area contributed by atoms with E-state index in [1.54, 1.807) is 18.5 Å². The van der Waals surface area contributed by atoms with Gasteiger partial charge in [-0.05, 0) is 43.0 Å². The van der Waals surface area contributed by atoms with Crippen LogP contribution in [0.1, 0.15) is 37.2 Å². The van der Waals surface area contributed by atoms with E-state index in [0.717, 1.165) is 35.0 Å². The third-order valence-electron chi connectivity index (χ3n) is 4.47. The molecule has 0 amide bonds. The van der Waals surface area contributed by atoms with E-state index in [1.165, 1.54) is 12.8 Å². The molecule has 1 fully saturated rings. The molecule has 2 N–H and O–H groups in total. The Kier molecular flexibility index (Phi) is 3.54. The Bertz CT molecular complexity index is 829. The maximum Gasteiger partial charge on any atom is 0.227 e. The Balaban J connectivity index is 1.78. The molecule has 5 nitrogen and oxygen atoms in total. The monoisotopic (exact) mass is 306 g/mol. The number of aromatic hydroxyl groups is 1. The van der Waals surface area contributed by atoms with Gasteiger partial charge in [-0.2, -0.15) is 0 Å². The Morgan fingerprint density at radius 3 is 2.61 bits per heavy atom. The molecule has 0 bridgehead atoms. The molecule has 23 heavy (non-hydrogen) atoms. The molecule has 1 aliphatic carbocycles. The van der Waals surface area contributed by atoms with Crippen molar-refractivity contribution in [3.63, 3.8) is 0 Å². The van der Waals surface area contributed by atoms with Gasteiger partial charge < -0.3 is 10.4 Å². The van der Waals surface area contributed by atoms with Crippen molar-refractivity contribution >= 4 is 22.5 Å². The summed E-state index contributed by atoms with van der Waals surface area (Å²) < 4.78 is 0. The number of nitrogens with zero attached hydrogens (tertiary/aromatic N) is 3. The average molecular weight is 306 g/mol. The molecule has 0 atom stereocenters. The molecule has 2 aromatic heterocycles. The van der Waals surface area contributed by atoms with Gasteiger partial charge in [0.05, 0.1) is 5.52 Å². The van der Waals surface area contributed by atoms with E-state index in [4.69, 9.17) is 0 Å². The number of anilines is 2. The lowest BCUT2D eigenvalue weighted by molar-refractivity contribution is 0.462. The fourth-order valence-corrected chi connectivity index (χ4v) is 3.35. The first-order valence-corrected chi connectivity index (χ1v) is 7.97. The highest BCUT2D eigenvalue weighted by molar-refractivity contribution is 5.85. The topological polar surface area (TPSA) is 70.9 Å². The standard InChI is InChI=1S/C18H18N4O/c23-15-6-5-13-11-20-18(21-14-7-9-19-10-8-14)22-17(13)16(15)12-3-1-2-4-12/h5-12,23H,1-4H2,(H,19,20,21,22). The van der Waals surface area contributed by atoms with Gasteiger partial charge in [0.1, 0.15) is 5.75 Å². The van der Waals surface area contributed by atoms with E-state index >= 15 is 0 Å². The van der Waals surface area contributed by atoms with Crippen molar-refractivity contribution in [2.75, 3.05) is 5.32 Å². The molecule has 1 saturated carbocycles. The molecule has 2 heterocycles. The van der Waals surface area contributed by atoms with Crippen molar-refractivity contribution in [1.82, 2.24) is 15.0 Å². The van der Waals surface area contributed by atoms with Crippen molar-refractivity contribution < 1.29 is 5.11 Å². The molecule has 0 spiro atoms. The zero-order valence-corrected chi connectivity index (χ0v) is 12.7. The second-order valence-corrected chi connectivity index (χ2v) is 5.97. The van der Waals surface area contributed by atoms with E-state index in [-0.39, 0.29) is 0 Å². The predicted octanol–water partition coefficient (Wildman–Crippen LogP) is 4.13. The third kappa shape index (κ3) is 2.70. The summed E-state index contributed by atoms with van der Waals surface area (Å²) in [4.78, 5) is 13.0. The summed E-state index contributed by atoms with van der Waals surface area (Å²) in [6.45, 7) is 0. The van der Waals surface area contributed by atoms with Gasteiger partial charge in [-0.15, -0.1) is 0 Å². The van der Waals surface area contributed by atoms with Crippen LogP contribution in [0.25, 0.3) is 10.9 Å². The molecule has 1 aromatic carbocycles. The van der Waals surface area contributed by atoms with Crippen LogP contribution in [0.3, 0.4) is 0 Å². The Morgan fingerprint density at radius 2 is 1.83 bits per heavy atom. The van der Waals surface area contributed by atoms with Crippen LogP contribution in [0.5, 0.6) is 5.75 Å². The van der Waals surface area contributed by atoms with Crippen LogP contribution in [-0.4, -0.2) is 20.1 Å². The fourth-order valence-electron chi connectivity index (χ4n) is 3.35. The molecule has 0 saturated heterocycles. The lowest BCUT2D eigenvalue weighted by Gasteiger charge is -2.15. The van der Waals surface area contributed by atoms with E-state index in [0.29, 0.717) is 17.6 Å². The van der Waals surface area contributed by atoms with Crippen LogP contribution in [0.4, 0.5) is 11.6 Å². The van der Waals surface area contributed by atoms with Crippen LogP contribution in [0, 0.1) is 0 Å². The van der Waals surface area contributed by atoms with Crippen molar-refractivity contribution in [1.29, 1.82) is 0 Å². The third-order valence-corrected chi connectivity index (χ3v) is 4.47. The highest BCUT2D eigenvalue weighted by atomic mass is 16.3. The van der Waals surface area contributed by atoms with Crippen LogP contribution in [0.2, 0.25) is 0 Å². The number of aromatic nitrogens is 3. The highest BCUT2D eigenvalue weighted by Crippen LogP contribution is 2.41. The molecule has 5 heteroatoms. The number of hydrogen-bond acceptors (Lipinski definition) is 5. The first kappa shape index (κ1) is 13.9. The molecule has 116 valence electrons. The number of phenols is 1. The second kappa shape index (κ2) is 5.83. The van der Waals surface area contributed by atoms with Crippen LogP contribution in [-0.2, 0) is 0 Å². The van der Waals surface area contributed by atoms with Gasteiger partial charge in [0, 0.05) is 35.2 Å². The van der Waals surface area contributed by atoms with Gasteiger partial charge in [-0.25, -0.2) is 9.97 Å². The van der Waals surface area contributed by atoms with Gasteiger partial charge in [0.2, 0.25) is 5.95 Å². The molecule has 4 rings (SSSR count). The molecule has 1 aliphatic rings. The summed E-state index contributed by atoms with van der Waals surface area (Å²) in [5, 5.41) is 14.5. The number of nitrogens with one attached hydrogen (secondary N) is 1. The Hall–Kier alpha value is -2.69. The summed E-state index contributed by atoms with van der Waals surface area (Å²) in [6.07, 6.45) is 9.91. The summed E-state index contributed by atoms with van der Waals surface area (Å²) in [5.74, 6) is 1.27. The fraction of sp³-hybridized carbons (Fsp3) is 0.278. The van der Waals surface area contributed by atoms with Gasteiger partial charge in [0.25, 0.3) is 0 Å². The van der Waals surface area contributed by atoms with Gasteiger partial charge in [-0.3, -0.25) is 4.98 Å². The minimum Gasteiger partial charge on any atom is -0.508 e. The van der Waals surface area contributed by atoms with E-state index in [2.05, 4.69) is 20.3 Å². The highest BCUT2D eigenvalue weighted by Gasteiger charge is 2.23. The van der Waals surface area contributed by atoms with Crippen molar-refractivity contribution in [3.8, 4) is 5.75 Å². The smallest absolute Gasteiger partial charge is 0.227 e. The molecular weight excluding hydrogens is 288 g/mol. The number of phenolic OH excluding ortho intramolecular Hbond substituents is 1. The van der Waals surface area contributed by atoms with Crippen molar-refractivity contribution in [3.05, 3.63) is 48.4 Å². The summed E-state index contributed by atoms with van der Waals surface area (Å²) in [6, 6.07) is 7.37. The molecular formula is C18H18N4O. The summed E-state index contributed by atoms with van der Waals surface area (Å²) >= 11 is 0. The number of rotatable bonds is 3. The predicted molar refractivity (Wildman–Crippen MR) is 89.9 cm³/mol. The maximum absolute atomic E-state index is 10.4. The van der Waals surface area contributed by atoms with Crippen LogP contribution >= 0.6 is 0 Å².